The fourth-order valence-electron chi connectivity index (χ4n) is 4.14. The topological polar surface area (TPSA) is 68.3 Å². The molecule has 1 aliphatic carbocycles. The molecule has 2 atom stereocenters. The third kappa shape index (κ3) is 7.54. The molecular weight excluding hydrogens is 457 g/mol. The number of benzene rings is 1. The van der Waals surface area contributed by atoms with Crippen molar-refractivity contribution in [3.05, 3.63) is 47.7 Å². The Morgan fingerprint density at radius 1 is 1.23 bits per heavy atom. The van der Waals surface area contributed by atoms with Crippen molar-refractivity contribution in [1.82, 2.24) is 10.3 Å². The van der Waals surface area contributed by atoms with Gasteiger partial charge in [-0.1, -0.05) is 31.2 Å². The number of carbonyl (C=O) groups is 2. The van der Waals surface area contributed by atoms with Crippen LogP contribution in [0.15, 0.2) is 36.5 Å². The number of para-hydroxylation sites is 1. The number of nitrogens with zero attached hydrogens (tertiary/aromatic N) is 1. The number of halogens is 3. The van der Waals surface area contributed by atoms with E-state index in [1.54, 1.807) is 39.1 Å². The molecule has 1 N–H and O–H groups in total. The average Bonchev–Trinajstić information content (AvgIpc) is 2.79. The predicted octanol–water partition coefficient (Wildman–Crippen LogP) is 7.10. The number of hydrogen-bond acceptors (Lipinski definition) is 4. The van der Waals surface area contributed by atoms with Gasteiger partial charge in [-0.3, -0.25) is 9.78 Å². The van der Waals surface area contributed by atoms with Crippen molar-refractivity contribution < 1.29 is 27.5 Å². The summed E-state index contributed by atoms with van der Waals surface area (Å²) in [7, 11) is 0. The van der Waals surface area contributed by atoms with Gasteiger partial charge in [0.15, 0.2) is 5.78 Å². The number of rotatable bonds is 7. The second-order valence-electron chi connectivity index (χ2n) is 10.3. The highest BCUT2D eigenvalue weighted by Gasteiger charge is 2.39. The molecule has 1 heterocycles. The minimum absolute atomic E-state index is 0.0211. The van der Waals surface area contributed by atoms with E-state index in [0.717, 1.165) is 16.5 Å². The zero-order chi connectivity index (χ0) is 25.8. The zero-order valence-electron chi connectivity index (χ0n) is 20.7. The summed E-state index contributed by atoms with van der Waals surface area (Å²) in [5, 5.41) is 3.51. The number of ether oxygens (including phenoxy) is 1. The Balaban J connectivity index is 1.61. The van der Waals surface area contributed by atoms with Crippen LogP contribution in [0, 0.1) is 11.8 Å². The van der Waals surface area contributed by atoms with E-state index in [0.29, 0.717) is 36.9 Å². The fraction of sp³-hybridized carbons (Fsp3) is 0.519. The average molecular weight is 491 g/mol. The first-order chi connectivity index (χ1) is 16.3. The van der Waals surface area contributed by atoms with Gasteiger partial charge in [0.1, 0.15) is 5.60 Å². The van der Waals surface area contributed by atoms with Crippen LogP contribution in [0.5, 0.6) is 0 Å². The zero-order valence-corrected chi connectivity index (χ0v) is 20.7. The standard InChI is InChI=1S/C27H33F3N2O3/c1-17(15-32-25(34)35-26(2,3)4)8-13-23(33)20-14-19-6-5-7-22(24(19)31-16-20)18-9-11-21(12-10-18)27(28,29)30/h5-7,9,14,16-17,21H,8,10-13,15H2,1-4H3,(H,32,34)/t17-,21?/m0/s1. The van der Waals surface area contributed by atoms with Crippen LogP contribution in [-0.2, 0) is 4.74 Å². The molecular formula is C27H33F3N2O3. The lowest BCUT2D eigenvalue weighted by molar-refractivity contribution is -0.175. The number of pyridine rings is 1. The van der Waals surface area contributed by atoms with E-state index in [1.807, 2.05) is 25.1 Å². The highest BCUT2D eigenvalue weighted by Crippen LogP contribution is 2.40. The lowest BCUT2D eigenvalue weighted by Gasteiger charge is -2.24. The van der Waals surface area contributed by atoms with E-state index in [-0.39, 0.29) is 24.5 Å². The minimum Gasteiger partial charge on any atom is -0.444 e. The number of alkyl carbamates (subject to hydrolysis) is 1. The number of nitrogens with one attached hydrogen (secondary N) is 1. The molecule has 1 aliphatic rings. The van der Waals surface area contributed by atoms with Crippen molar-refractivity contribution in [2.24, 2.45) is 11.8 Å². The molecule has 190 valence electrons. The summed E-state index contributed by atoms with van der Waals surface area (Å²) in [6.07, 6.45) is -0.126. The maximum absolute atomic E-state index is 13.0. The minimum atomic E-state index is -4.17. The number of fused-ring (bicyclic) bond motifs is 1. The second-order valence-corrected chi connectivity index (χ2v) is 10.3. The number of aromatic nitrogens is 1. The van der Waals surface area contributed by atoms with Crippen LogP contribution in [0.25, 0.3) is 16.5 Å². The number of amides is 1. The van der Waals surface area contributed by atoms with Crippen molar-refractivity contribution >= 4 is 28.4 Å². The Morgan fingerprint density at radius 3 is 2.60 bits per heavy atom. The number of hydrogen-bond donors (Lipinski definition) is 1. The fourth-order valence-corrected chi connectivity index (χ4v) is 4.14. The maximum atomic E-state index is 13.0. The SMILES string of the molecule is C[C@@H](CCC(=O)c1cnc2c(C3=CCC(C(F)(F)F)CC3)cccc2c1)CNC(=O)OC(C)(C)C. The van der Waals surface area contributed by atoms with Gasteiger partial charge in [0.2, 0.25) is 0 Å². The van der Waals surface area contributed by atoms with Crippen LogP contribution in [0.2, 0.25) is 0 Å². The third-order valence-corrected chi connectivity index (χ3v) is 6.11. The summed E-state index contributed by atoms with van der Waals surface area (Å²) in [5.41, 5.74) is 2.32. The van der Waals surface area contributed by atoms with E-state index in [4.69, 9.17) is 4.74 Å². The first-order valence-electron chi connectivity index (χ1n) is 12.0. The van der Waals surface area contributed by atoms with Crippen LogP contribution in [0.4, 0.5) is 18.0 Å². The monoisotopic (exact) mass is 490 g/mol. The highest BCUT2D eigenvalue weighted by molar-refractivity contribution is 6.00. The first-order valence-corrected chi connectivity index (χ1v) is 12.0. The predicted molar refractivity (Wildman–Crippen MR) is 130 cm³/mol. The largest absolute Gasteiger partial charge is 0.444 e. The molecule has 0 aliphatic heterocycles. The first kappa shape index (κ1) is 26.7. The quantitative estimate of drug-likeness (QED) is 0.420. The summed E-state index contributed by atoms with van der Waals surface area (Å²) < 4.78 is 44.2. The molecule has 0 saturated heterocycles. The molecule has 5 nitrogen and oxygen atoms in total. The van der Waals surface area contributed by atoms with Crippen LogP contribution >= 0.6 is 0 Å². The van der Waals surface area contributed by atoms with Crippen molar-refractivity contribution in [2.75, 3.05) is 6.54 Å². The van der Waals surface area contributed by atoms with Crippen LogP contribution in [-0.4, -0.2) is 35.2 Å². The van der Waals surface area contributed by atoms with Crippen LogP contribution in [0.1, 0.15) is 75.7 Å². The molecule has 0 radical (unpaired) electrons. The number of alkyl halides is 3. The van der Waals surface area contributed by atoms with Gasteiger partial charge in [-0.05, 0) is 64.0 Å². The van der Waals surface area contributed by atoms with E-state index in [1.165, 1.54) is 0 Å². The van der Waals surface area contributed by atoms with Gasteiger partial charge in [0, 0.05) is 35.7 Å². The molecule has 0 spiro atoms. The second kappa shape index (κ2) is 10.8. The summed E-state index contributed by atoms with van der Waals surface area (Å²) in [5.74, 6) is -1.25. The number of ketones is 1. The Hall–Kier alpha value is -2.90. The lowest BCUT2D eigenvalue weighted by atomic mass is 9.85. The van der Waals surface area contributed by atoms with Crippen molar-refractivity contribution in [3.8, 4) is 0 Å². The summed E-state index contributed by atoms with van der Waals surface area (Å²) in [6, 6.07) is 7.36. The number of Topliss-reactive ketones (excluding diaryl/α,β-unsaturated/α-hetero) is 1. The summed E-state index contributed by atoms with van der Waals surface area (Å²) in [4.78, 5) is 29.1. The van der Waals surface area contributed by atoms with E-state index in [9.17, 15) is 22.8 Å². The number of carbonyl (C=O) groups excluding carboxylic acids is 2. The molecule has 2 aromatic rings. The number of allylic oxidation sites excluding steroid dienone is 2. The van der Waals surface area contributed by atoms with Gasteiger partial charge >= 0.3 is 12.3 Å². The van der Waals surface area contributed by atoms with Gasteiger partial charge in [0.05, 0.1) is 11.4 Å². The Morgan fingerprint density at radius 2 is 1.97 bits per heavy atom. The van der Waals surface area contributed by atoms with Crippen molar-refractivity contribution in [1.29, 1.82) is 0 Å². The molecule has 1 unspecified atom stereocenters. The van der Waals surface area contributed by atoms with Crippen molar-refractivity contribution in [3.63, 3.8) is 0 Å². The molecule has 8 heteroatoms. The van der Waals surface area contributed by atoms with Gasteiger partial charge in [0.25, 0.3) is 0 Å². The molecule has 35 heavy (non-hydrogen) atoms. The van der Waals surface area contributed by atoms with Crippen molar-refractivity contribution in [2.45, 2.75) is 71.6 Å². The lowest BCUT2D eigenvalue weighted by Crippen LogP contribution is -2.34. The maximum Gasteiger partial charge on any atom is 0.407 e. The van der Waals surface area contributed by atoms with Gasteiger partial charge in [-0.15, -0.1) is 0 Å². The Labute approximate surface area is 204 Å². The summed E-state index contributed by atoms with van der Waals surface area (Å²) in [6.45, 7) is 7.75. The highest BCUT2D eigenvalue weighted by atomic mass is 19.4. The molecule has 0 saturated carbocycles. The summed E-state index contributed by atoms with van der Waals surface area (Å²) >= 11 is 0. The van der Waals surface area contributed by atoms with E-state index >= 15 is 0 Å². The van der Waals surface area contributed by atoms with Gasteiger partial charge in [-0.25, -0.2) is 4.79 Å². The third-order valence-electron chi connectivity index (χ3n) is 6.11. The molecule has 3 rings (SSSR count). The van der Waals surface area contributed by atoms with E-state index < -0.39 is 23.8 Å². The molecule has 1 amide bonds. The van der Waals surface area contributed by atoms with Gasteiger partial charge < -0.3 is 10.1 Å². The Kier molecular flexibility index (Phi) is 8.23. The molecule has 0 bridgehead atoms. The van der Waals surface area contributed by atoms with Crippen LogP contribution < -0.4 is 5.32 Å². The smallest absolute Gasteiger partial charge is 0.407 e. The normalized spacial score (nSPS) is 17.6. The Bertz CT molecular complexity index is 1100. The molecule has 1 aromatic heterocycles. The molecule has 1 aromatic carbocycles. The molecule has 0 fully saturated rings. The van der Waals surface area contributed by atoms with E-state index in [2.05, 4.69) is 10.3 Å². The van der Waals surface area contributed by atoms with Gasteiger partial charge in [-0.2, -0.15) is 13.2 Å². The van der Waals surface area contributed by atoms with Crippen LogP contribution in [0.3, 0.4) is 0 Å².